The van der Waals surface area contributed by atoms with Crippen LogP contribution in [0.3, 0.4) is 0 Å². The number of benzene rings is 2. The molecular weight excluding hydrogens is 437 g/mol. The molecule has 1 aliphatic carbocycles. The molecule has 6 nitrogen and oxygen atoms in total. The van der Waals surface area contributed by atoms with Gasteiger partial charge in [0.05, 0.1) is 20.8 Å². The topological polar surface area (TPSA) is 74.2 Å². The molecule has 0 fully saturated rings. The highest BCUT2D eigenvalue weighted by Gasteiger charge is 2.45. The summed E-state index contributed by atoms with van der Waals surface area (Å²) in [6.07, 6.45) is 0.720. The number of allylic oxidation sites excluding steroid dienone is 2. The molecule has 3 atom stereocenters. The van der Waals surface area contributed by atoms with Gasteiger partial charge in [0.1, 0.15) is 11.7 Å². The molecule has 0 saturated heterocycles. The van der Waals surface area contributed by atoms with Gasteiger partial charge in [-0.3, -0.25) is 14.6 Å². The quantitative estimate of drug-likeness (QED) is 0.563. The molecule has 0 saturated carbocycles. The first-order valence-electron chi connectivity index (χ1n) is 11.3. The summed E-state index contributed by atoms with van der Waals surface area (Å²) in [5.41, 5.74) is 2.76. The van der Waals surface area contributed by atoms with Gasteiger partial charge < -0.3 is 14.2 Å². The number of methoxy groups -OCH3 is 2. The zero-order valence-corrected chi connectivity index (χ0v) is 19.8. The molecule has 0 radical (unpaired) electrons. The normalized spacial score (nSPS) is 22.1. The number of nitrogens with zero attached hydrogens (tertiary/aromatic N) is 1. The van der Waals surface area contributed by atoms with E-state index in [4.69, 9.17) is 19.2 Å². The minimum absolute atomic E-state index is 0.122. The molecule has 2 aliphatic rings. The Balaban J connectivity index is 1.79. The van der Waals surface area contributed by atoms with Gasteiger partial charge in [0.25, 0.3) is 0 Å². The summed E-state index contributed by atoms with van der Waals surface area (Å²) in [6, 6.07) is 11.9. The Morgan fingerprint density at radius 1 is 1.09 bits per heavy atom. The summed E-state index contributed by atoms with van der Waals surface area (Å²) < 4.78 is 31.0. The summed E-state index contributed by atoms with van der Waals surface area (Å²) in [5.74, 6) is -1.65. The molecule has 178 valence electrons. The smallest absolute Gasteiger partial charge is 0.315 e. The summed E-state index contributed by atoms with van der Waals surface area (Å²) >= 11 is 0. The number of carbonyl (C=O) groups is 2. The highest BCUT2D eigenvalue weighted by Crippen LogP contribution is 2.48. The summed E-state index contributed by atoms with van der Waals surface area (Å²) in [7, 11) is 3.14. The fourth-order valence-electron chi connectivity index (χ4n) is 5.00. The molecule has 0 spiro atoms. The van der Waals surface area contributed by atoms with E-state index in [2.05, 4.69) is 0 Å². The molecule has 2 aromatic carbocycles. The van der Waals surface area contributed by atoms with Crippen LogP contribution in [0.5, 0.6) is 11.5 Å². The van der Waals surface area contributed by atoms with Gasteiger partial charge in [0, 0.05) is 29.3 Å². The van der Waals surface area contributed by atoms with Crippen LogP contribution in [0, 0.1) is 11.7 Å². The van der Waals surface area contributed by atoms with E-state index in [9.17, 15) is 14.0 Å². The fourth-order valence-corrected chi connectivity index (χ4v) is 5.00. The van der Waals surface area contributed by atoms with Crippen LogP contribution in [0.1, 0.15) is 49.7 Å². The van der Waals surface area contributed by atoms with Crippen LogP contribution in [-0.4, -0.2) is 38.3 Å². The average molecular weight is 466 g/mol. The van der Waals surface area contributed by atoms with Gasteiger partial charge >= 0.3 is 5.97 Å². The van der Waals surface area contributed by atoms with Crippen molar-refractivity contribution in [1.29, 1.82) is 0 Å². The number of halogens is 1. The Hall–Kier alpha value is -3.48. The van der Waals surface area contributed by atoms with Gasteiger partial charge in [-0.15, -0.1) is 0 Å². The molecule has 1 unspecified atom stereocenters. The van der Waals surface area contributed by atoms with Crippen LogP contribution < -0.4 is 9.47 Å². The van der Waals surface area contributed by atoms with Crippen LogP contribution in [0.2, 0.25) is 0 Å². The SMILES string of the molecule is CCOC(=O)C1C(C)=NC2=C(C(=O)C[C@@H](c3ccc(OC)c(OC)c3)C2)[C@H]1c1ccccc1F. The molecule has 0 bridgehead atoms. The molecule has 1 heterocycles. The lowest BCUT2D eigenvalue weighted by molar-refractivity contribution is -0.146. The minimum atomic E-state index is -0.850. The number of esters is 1. The van der Waals surface area contributed by atoms with Crippen molar-refractivity contribution in [3.05, 3.63) is 70.7 Å². The van der Waals surface area contributed by atoms with Gasteiger partial charge in [-0.25, -0.2) is 4.39 Å². The molecular formula is C27H28FNO5. The van der Waals surface area contributed by atoms with Crippen molar-refractivity contribution in [2.24, 2.45) is 10.9 Å². The summed E-state index contributed by atoms with van der Waals surface area (Å²) in [6.45, 7) is 3.65. The Morgan fingerprint density at radius 3 is 2.50 bits per heavy atom. The number of Topliss-reactive ketones (excluding diaryl/α,β-unsaturated/α-hetero) is 1. The van der Waals surface area contributed by atoms with Crippen molar-refractivity contribution in [3.8, 4) is 11.5 Å². The summed E-state index contributed by atoms with van der Waals surface area (Å²) in [4.78, 5) is 31.2. The number of carbonyl (C=O) groups excluding carboxylic acids is 2. The third-order valence-corrected chi connectivity index (χ3v) is 6.55. The van der Waals surface area contributed by atoms with Crippen LogP contribution in [0.15, 0.2) is 58.7 Å². The van der Waals surface area contributed by atoms with Gasteiger partial charge in [-0.2, -0.15) is 0 Å². The maximum absolute atomic E-state index is 15.0. The molecule has 2 aromatic rings. The third kappa shape index (κ3) is 4.22. The Labute approximate surface area is 198 Å². The van der Waals surface area contributed by atoms with E-state index < -0.39 is 23.6 Å². The number of hydrogen-bond donors (Lipinski definition) is 0. The first kappa shape index (κ1) is 23.7. The lowest BCUT2D eigenvalue weighted by atomic mass is 9.69. The van der Waals surface area contributed by atoms with Crippen molar-refractivity contribution in [3.63, 3.8) is 0 Å². The first-order valence-corrected chi connectivity index (χ1v) is 11.3. The molecule has 0 aromatic heterocycles. The third-order valence-electron chi connectivity index (χ3n) is 6.55. The summed E-state index contributed by atoms with van der Waals surface area (Å²) in [5, 5.41) is 0. The molecule has 34 heavy (non-hydrogen) atoms. The van der Waals surface area contributed by atoms with Crippen molar-refractivity contribution < 1.29 is 28.2 Å². The maximum Gasteiger partial charge on any atom is 0.315 e. The number of aliphatic imine (C=N–C) groups is 1. The van der Waals surface area contributed by atoms with Crippen LogP contribution in [0.4, 0.5) is 4.39 Å². The largest absolute Gasteiger partial charge is 0.493 e. The zero-order valence-electron chi connectivity index (χ0n) is 19.8. The molecule has 4 rings (SSSR count). The minimum Gasteiger partial charge on any atom is -0.493 e. The van der Waals surface area contributed by atoms with Crippen LogP contribution >= 0.6 is 0 Å². The van der Waals surface area contributed by atoms with E-state index in [1.54, 1.807) is 46.3 Å². The lowest BCUT2D eigenvalue weighted by Gasteiger charge is -2.36. The second kappa shape index (κ2) is 9.79. The van der Waals surface area contributed by atoms with E-state index in [1.807, 2.05) is 18.2 Å². The standard InChI is InChI=1S/C27H28FNO5/c1-5-34-27(31)24-15(2)29-20-12-17(16-10-11-22(32-3)23(14-16)33-4)13-21(30)26(20)25(24)18-8-6-7-9-19(18)28/h6-11,14,17,24-25H,5,12-13H2,1-4H3/t17-,24?,25-/m0/s1. The zero-order chi connectivity index (χ0) is 24.4. The molecule has 1 aliphatic heterocycles. The predicted octanol–water partition coefficient (Wildman–Crippen LogP) is 4.98. The van der Waals surface area contributed by atoms with Gasteiger partial charge in [0.15, 0.2) is 17.3 Å². The van der Waals surface area contributed by atoms with E-state index in [-0.39, 0.29) is 24.7 Å². The van der Waals surface area contributed by atoms with Crippen LogP contribution in [-0.2, 0) is 14.3 Å². The first-order chi connectivity index (χ1) is 16.4. The Bertz CT molecular complexity index is 1190. The van der Waals surface area contributed by atoms with Crippen molar-refractivity contribution in [2.45, 2.75) is 38.5 Å². The maximum atomic E-state index is 15.0. The fraction of sp³-hybridized carbons (Fsp3) is 0.370. The van der Waals surface area contributed by atoms with Gasteiger partial charge in [0.2, 0.25) is 0 Å². The molecule has 0 amide bonds. The average Bonchev–Trinajstić information content (AvgIpc) is 2.83. The number of rotatable bonds is 6. The van der Waals surface area contributed by atoms with E-state index in [0.717, 1.165) is 5.56 Å². The Kier molecular flexibility index (Phi) is 6.82. The highest BCUT2D eigenvalue weighted by molar-refractivity contribution is 6.09. The van der Waals surface area contributed by atoms with E-state index in [1.165, 1.54) is 6.07 Å². The van der Waals surface area contributed by atoms with Gasteiger partial charge in [-0.1, -0.05) is 24.3 Å². The highest BCUT2D eigenvalue weighted by atomic mass is 19.1. The van der Waals surface area contributed by atoms with Crippen molar-refractivity contribution in [1.82, 2.24) is 0 Å². The monoisotopic (exact) mass is 465 g/mol. The molecule has 7 heteroatoms. The van der Waals surface area contributed by atoms with Crippen LogP contribution in [0.25, 0.3) is 0 Å². The lowest BCUT2D eigenvalue weighted by Crippen LogP contribution is -2.38. The van der Waals surface area contributed by atoms with E-state index in [0.29, 0.717) is 40.5 Å². The number of ketones is 1. The molecule has 0 N–H and O–H groups in total. The number of hydrogen-bond acceptors (Lipinski definition) is 6. The van der Waals surface area contributed by atoms with Crippen molar-refractivity contribution in [2.75, 3.05) is 20.8 Å². The van der Waals surface area contributed by atoms with Crippen molar-refractivity contribution >= 4 is 17.5 Å². The second-order valence-electron chi connectivity index (χ2n) is 8.49. The van der Waals surface area contributed by atoms with Gasteiger partial charge in [-0.05, 0) is 55.5 Å². The Morgan fingerprint density at radius 2 is 1.82 bits per heavy atom. The van der Waals surface area contributed by atoms with E-state index >= 15 is 0 Å². The second-order valence-corrected chi connectivity index (χ2v) is 8.49. The number of ether oxygens (including phenoxy) is 3. The predicted molar refractivity (Wildman–Crippen MR) is 126 cm³/mol.